The number of aromatic nitrogens is 3. The lowest BCUT2D eigenvalue weighted by Gasteiger charge is -1.94. The summed E-state index contributed by atoms with van der Waals surface area (Å²) in [6.07, 6.45) is 0. The quantitative estimate of drug-likeness (QED) is 0.630. The monoisotopic (exact) mass is 175 g/mol. The van der Waals surface area contributed by atoms with E-state index in [4.69, 9.17) is 29.2 Å². The van der Waals surface area contributed by atoms with Crippen molar-refractivity contribution in [2.75, 3.05) is 7.11 Å². The van der Waals surface area contributed by atoms with Crippen molar-refractivity contribution in [3.05, 3.63) is 9.54 Å². The van der Waals surface area contributed by atoms with Gasteiger partial charge in [0.15, 0.2) is 4.77 Å². The van der Waals surface area contributed by atoms with E-state index < -0.39 is 0 Å². The zero-order chi connectivity index (χ0) is 7.56. The number of rotatable bonds is 1. The zero-order valence-electron chi connectivity index (χ0n) is 5.17. The van der Waals surface area contributed by atoms with Gasteiger partial charge in [-0.05, 0) is 24.4 Å². The van der Waals surface area contributed by atoms with Crippen LogP contribution < -0.4 is 4.74 Å². The van der Waals surface area contributed by atoms with Crippen LogP contribution in [0.5, 0.6) is 6.01 Å². The summed E-state index contributed by atoms with van der Waals surface area (Å²) >= 11 is 9.48. The first-order valence-electron chi connectivity index (χ1n) is 2.47. The van der Waals surface area contributed by atoms with Crippen LogP contribution in [0.1, 0.15) is 0 Å². The lowest BCUT2D eigenvalue weighted by Crippen LogP contribution is -1.93. The van der Waals surface area contributed by atoms with E-state index in [1.54, 1.807) is 0 Å². The molecule has 0 aliphatic carbocycles. The third-order valence-electron chi connectivity index (χ3n) is 0.837. The molecule has 0 atom stereocenters. The summed E-state index contributed by atoms with van der Waals surface area (Å²) < 4.78 is 5.49. The molecular formula is C4H5N3OS2. The molecule has 0 saturated heterocycles. The first-order chi connectivity index (χ1) is 4.72. The van der Waals surface area contributed by atoms with Gasteiger partial charge in [-0.2, -0.15) is 4.98 Å². The number of nitrogens with zero attached hydrogens (tertiary/aromatic N) is 1. The highest BCUT2D eigenvalue weighted by Crippen LogP contribution is 1.95. The molecular weight excluding hydrogens is 170 g/mol. The van der Waals surface area contributed by atoms with Crippen molar-refractivity contribution in [1.29, 1.82) is 0 Å². The average Bonchev–Trinajstić information content (AvgIpc) is 1.85. The second-order valence-electron chi connectivity index (χ2n) is 1.51. The molecule has 0 aliphatic heterocycles. The highest BCUT2D eigenvalue weighted by molar-refractivity contribution is 7.71. The molecule has 0 amide bonds. The molecule has 0 aromatic carbocycles. The lowest BCUT2D eigenvalue weighted by atomic mass is 11.0. The molecule has 0 spiro atoms. The summed E-state index contributed by atoms with van der Waals surface area (Å²) in [5.74, 6) is 0. The van der Waals surface area contributed by atoms with Crippen molar-refractivity contribution in [1.82, 2.24) is 15.0 Å². The maximum atomic E-state index is 4.76. The Hall–Kier alpha value is -0.750. The topological polar surface area (TPSA) is 53.7 Å². The highest BCUT2D eigenvalue weighted by atomic mass is 32.1. The first kappa shape index (κ1) is 7.36. The summed E-state index contributed by atoms with van der Waals surface area (Å²) in [4.78, 5) is 9.05. The van der Waals surface area contributed by atoms with Crippen molar-refractivity contribution in [3.8, 4) is 6.01 Å². The summed E-state index contributed by atoms with van der Waals surface area (Å²) in [5.41, 5.74) is 0. The van der Waals surface area contributed by atoms with Gasteiger partial charge < -0.3 is 9.72 Å². The van der Waals surface area contributed by atoms with Gasteiger partial charge in [0.05, 0.1) is 7.11 Å². The number of hydrogen-bond acceptors (Lipinski definition) is 4. The number of H-pyrrole nitrogens is 2. The molecule has 1 aromatic rings. The van der Waals surface area contributed by atoms with E-state index in [1.165, 1.54) is 7.11 Å². The number of nitrogens with one attached hydrogen (secondary N) is 2. The lowest BCUT2D eigenvalue weighted by molar-refractivity contribution is 0.376. The van der Waals surface area contributed by atoms with Crippen molar-refractivity contribution in [2.24, 2.45) is 0 Å². The van der Waals surface area contributed by atoms with Crippen molar-refractivity contribution < 1.29 is 4.74 Å². The number of methoxy groups -OCH3 is 1. The third kappa shape index (κ3) is 1.61. The predicted octanol–water partition coefficient (Wildman–Crippen LogP) is 1.21. The van der Waals surface area contributed by atoms with Crippen LogP contribution in [0, 0.1) is 9.54 Å². The fraction of sp³-hybridized carbons (Fsp3) is 0.250. The van der Waals surface area contributed by atoms with Crippen LogP contribution >= 0.6 is 24.4 Å². The number of ether oxygens (including phenoxy) is 1. The molecule has 1 rings (SSSR count). The summed E-state index contributed by atoms with van der Waals surface area (Å²) in [7, 11) is 1.49. The van der Waals surface area contributed by atoms with E-state index in [0.717, 1.165) is 0 Å². The van der Waals surface area contributed by atoms with Gasteiger partial charge >= 0.3 is 0 Å². The summed E-state index contributed by atoms with van der Waals surface area (Å²) in [5, 5.41) is 0. The van der Waals surface area contributed by atoms with Crippen LogP contribution in [-0.4, -0.2) is 22.1 Å². The van der Waals surface area contributed by atoms with E-state index in [2.05, 4.69) is 15.0 Å². The molecule has 4 nitrogen and oxygen atoms in total. The van der Waals surface area contributed by atoms with Gasteiger partial charge in [-0.25, -0.2) is 0 Å². The molecule has 0 aliphatic rings. The molecule has 10 heavy (non-hydrogen) atoms. The fourth-order valence-electron chi connectivity index (χ4n) is 0.470. The summed E-state index contributed by atoms with van der Waals surface area (Å²) in [6.45, 7) is 0. The average molecular weight is 175 g/mol. The standard InChI is InChI=1S/C4H5N3OS2/c1-8-2-5-3(9)7-4(10)6-2/h1H3,(H2,5,6,7,9,10). The fourth-order valence-corrected chi connectivity index (χ4v) is 0.904. The maximum absolute atomic E-state index is 4.76. The Labute approximate surface area is 67.3 Å². The molecule has 0 saturated carbocycles. The molecule has 6 heteroatoms. The Balaban J connectivity index is 3.33. The summed E-state index contributed by atoms with van der Waals surface area (Å²) in [6, 6.07) is 0.328. The molecule has 1 aromatic heterocycles. The van der Waals surface area contributed by atoms with Crippen LogP contribution in [0.4, 0.5) is 0 Å². The van der Waals surface area contributed by atoms with E-state index in [1.807, 2.05) is 0 Å². The minimum absolute atomic E-state index is 0.320. The Morgan fingerprint density at radius 2 is 2.10 bits per heavy atom. The van der Waals surface area contributed by atoms with Crippen LogP contribution in [0.15, 0.2) is 0 Å². The van der Waals surface area contributed by atoms with E-state index >= 15 is 0 Å². The zero-order valence-corrected chi connectivity index (χ0v) is 6.80. The second kappa shape index (κ2) is 2.89. The van der Waals surface area contributed by atoms with Gasteiger partial charge in [-0.15, -0.1) is 0 Å². The first-order valence-corrected chi connectivity index (χ1v) is 3.28. The minimum atomic E-state index is 0.320. The van der Waals surface area contributed by atoms with Crippen molar-refractivity contribution in [3.63, 3.8) is 0 Å². The Morgan fingerprint density at radius 3 is 2.60 bits per heavy atom. The largest absolute Gasteiger partial charge is 0.468 e. The molecule has 0 radical (unpaired) electrons. The normalized spacial score (nSPS) is 9.30. The van der Waals surface area contributed by atoms with Crippen LogP contribution in [0.2, 0.25) is 0 Å². The van der Waals surface area contributed by atoms with Gasteiger partial charge in [-0.3, -0.25) is 4.98 Å². The smallest absolute Gasteiger partial charge is 0.298 e. The van der Waals surface area contributed by atoms with E-state index in [-0.39, 0.29) is 0 Å². The van der Waals surface area contributed by atoms with Gasteiger partial charge in [0.1, 0.15) is 0 Å². The molecule has 0 unspecified atom stereocenters. The Bertz CT molecular complexity index is 300. The van der Waals surface area contributed by atoms with Gasteiger partial charge in [0, 0.05) is 0 Å². The van der Waals surface area contributed by atoms with Crippen molar-refractivity contribution >= 4 is 24.4 Å². The molecule has 54 valence electrons. The van der Waals surface area contributed by atoms with Gasteiger partial charge in [-0.1, -0.05) is 0 Å². The molecule has 0 fully saturated rings. The molecule has 2 N–H and O–H groups in total. The van der Waals surface area contributed by atoms with Crippen LogP contribution in [-0.2, 0) is 0 Å². The SMILES string of the molecule is COc1nc(=S)[nH]c(=S)[nH]1. The highest BCUT2D eigenvalue weighted by Gasteiger charge is 1.89. The molecule has 1 heterocycles. The van der Waals surface area contributed by atoms with Crippen LogP contribution in [0.3, 0.4) is 0 Å². The van der Waals surface area contributed by atoms with E-state index in [0.29, 0.717) is 15.6 Å². The van der Waals surface area contributed by atoms with Gasteiger partial charge in [0.2, 0.25) is 4.77 Å². The third-order valence-corrected chi connectivity index (χ3v) is 1.23. The second-order valence-corrected chi connectivity index (χ2v) is 2.30. The number of aromatic amines is 2. The minimum Gasteiger partial charge on any atom is -0.468 e. The van der Waals surface area contributed by atoms with E-state index in [9.17, 15) is 0 Å². The molecule has 0 bridgehead atoms. The van der Waals surface area contributed by atoms with Gasteiger partial charge in [0.25, 0.3) is 6.01 Å². The van der Waals surface area contributed by atoms with Crippen molar-refractivity contribution in [2.45, 2.75) is 0 Å². The maximum Gasteiger partial charge on any atom is 0.298 e. The number of hydrogen-bond donors (Lipinski definition) is 2. The predicted molar refractivity (Wildman–Crippen MR) is 41.2 cm³/mol. The Kier molecular flexibility index (Phi) is 2.13. The Morgan fingerprint density at radius 1 is 1.40 bits per heavy atom. The van der Waals surface area contributed by atoms with Crippen LogP contribution in [0.25, 0.3) is 0 Å².